The molecule has 0 aliphatic carbocycles. The van der Waals surface area contributed by atoms with Crippen molar-refractivity contribution in [1.29, 1.82) is 0 Å². The number of fused-ring (bicyclic) bond motifs is 3. The number of piperidine rings is 3. The molecule has 21 heavy (non-hydrogen) atoms. The fourth-order valence-electron chi connectivity index (χ4n) is 4.29. The van der Waals surface area contributed by atoms with Crippen molar-refractivity contribution in [2.45, 2.75) is 24.9 Å². The van der Waals surface area contributed by atoms with E-state index >= 15 is 0 Å². The Morgan fingerprint density at radius 3 is 2.90 bits per heavy atom. The van der Waals surface area contributed by atoms with E-state index < -0.39 is 0 Å². The molecule has 4 heteroatoms. The maximum Gasteiger partial charge on any atom is 0.217 e. The SMILES string of the molecule is c1cc(-c2cnc3c(c2)CC2(CN4CCC2CC4)O3)cs1. The van der Waals surface area contributed by atoms with E-state index in [1.165, 1.54) is 42.6 Å². The lowest BCUT2D eigenvalue weighted by Gasteiger charge is -2.50. The number of hydrogen-bond donors (Lipinski definition) is 0. The highest BCUT2D eigenvalue weighted by Crippen LogP contribution is 2.46. The largest absolute Gasteiger partial charge is 0.469 e. The van der Waals surface area contributed by atoms with Gasteiger partial charge in [-0.3, -0.25) is 4.90 Å². The summed E-state index contributed by atoms with van der Waals surface area (Å²) in [7, 11) is 0. The van der Waals surface area contributed by atoms with Crippen LogP contribution in [0.5, 0.6) is 5.88 Å². The molecule has 0 saturated carbocycles. The van der Waals surface area contributed by atoms with Gasteiger partial charge in [-0.2, -0.15) is 11.3 Å². The van der Waals surface area contributed by atoms with Crippen LogP contribution in [0.15, 0.2) is 29.1 Å². The molecule has 1 unspecified atom stereocenters. The maximum atomic E-state index is 6.39. The Kier molecular flexibility index (Phi) is 2.50. The van der Waals surface area contributed by atoms with E-state index in [1.54, 1.807) is 11.3 Å². The third kappa shape index (κ3) is 1.79. The minimum Gasteiger partial charge on any atom is -0.469 e. The Bertz CT molecular complexity index is 676. The highest BCUT2D eigenvalue weighted by Gasteiger charge is 2.52. The van der Waals surface area contributed by atoms with Crippen molar-refractivity contribution in [3.8, 4) is 17.0 Å². The van der Waals surface area contributed by atoms with Gasteiger partial charge in [0.1, 0.15) is 5.60 Å². The van der Waals surface area contributed by atoms with Gasteiger partial charge in [0.15, 0.2) is 0 Å². The first kappa shape index (κ1) is 12.2. The molecule has 0 aromatic carbocycles. The molecule has 3 nitrogen and oxygen atoms in total. The van der Waals surface area contributed by atoms with Crippen molar-refractivity contribution < 1.29 is 4.74 Å². The van der Waals surface area contributed by atoms with Gasteiger partial charge in [-0.25, -0.2) is 4.98 Å². The molecular weight excluding hydrogens is 280 g/mol. The van der Waals surface area contributed by atoms with Crippen LogP contribution in [0.2, 0.25) is 0 Å². The van der Waals surface area contributed by atoms with Crippen LogP contribution in [0.3, 0.4) is 0 Å². The lowest BCUT2D eigenvalue weighted by molar-refractivity contribution is -0.0814. The van der Waals surface area contributed by atoms with Crippen molar-refractivity contribution in [1.82, 2.24) is 9.88 Å². The molecular formula is C17H18N2OS. The van der Waals surface area contributed by atoms with Gasteiger partial charge in [-0.05, 0) is 54.4 Å². The molecule has 2 aromatic heterocycles. The van der Waals surface area contributed by atoms with Gasteiger partial charge in [0.2, 0.25) is 5.88 Å². The number of aromatic nitrogens is 1. The van der Waals surface area contributed by atoms with Crippen molar-refractivity contribution in [2.75, 3.05) is 19.6 Å². The van der Waals surface area contributed by atoms with Crippen LogP contribution in [0.1, 0.15) is 18.4 Å². The highest BCUT2D eigenvalue weighted by molar-refractivity contribution is 7.08. The summed E-state index contributed by atoms with van der Waals surface area (Å²) in [5.74, 6) is 1.59. The summed E-state index contributed by atoms with van der Waals surface area (Å²) < 4.78 is 6.39. The van der Waals surface area contributed by atoms with E-state index in [9.17, 15) is 0 Å². The fraction of sp³-hybridized carbons (Fsp3) is 0.471. The molecule has 1 atom stereocenters. The van der Waals surface area contributed by atoms with Crippen molar-refractivity contribution in [3.05, 3.63) is 34.7 Å². The smallest absolute Gasteiger partial charge is 0.217 e. The molecule has 6 heterocycles. The highest BCUT2D eigenvalue weighted by atomic mass is 32.1. The standard InChI is InChI=1S/C17H18N2OS/c1-4-19-5-2-15(1)17(11-19)8-13-7-14(9-18-16(13)20-17)12-3-6-21-10-12/h3,6-7,9-10,15H,1-2,4-5,8,11H2. The van der Waals surface area contributed by atoms with Crippen LogP contribution >= 0.6 is 11.3 Å². The van der Waals surface area contributed by atoms with Gasteiger partial charge in [0, 0.05) is 36.2 Å². The van der Waals surface area contributed by atoms with Crippen LogP contribution in [0.25, 0.3) is 11.1 Å². The zero-order chi connectivity index (χ0) is 13.9. The van der Waals surface area contributed by atoms with Crippen LogP contribution in [0.4, 0.5) is 0 Å². The molecule has 3 fully saturated rings. The minimum atomic E-state index is 0.0130. The minimum absolute atomic E-state index is 0.0130. The maximum absolute atomic E-state index is 6.39. The normalized spacial score (nSPS) is 33.1. The first-order valence-electron chi connectivity index (χ1n) is 7.75. The lowest BCUT2D eigenvalue weighted by atomic mass is 9.73. The van der Waals surface area contributed by atoms with Crippen LogP contribution < -0.4 is 4.74 Å². The predicted molar refractivity (Wildman–Crippen MR) is 83.8 cm³/mol. The zero-order valence-electron chi connectivity index (χ0n) is 11.9. The summed E-state index contributed by atoms with van der Waals surface area (Å²) in [6, 6.07) is 4.45. The van der Waals surface area contributed by atoms with Crippen molar-refractivity contribution in [2.24, 2.45) is 5.92 Å². The Hall–Kier alpha value is -1.39. The second-order valence-corrected chi connectivity index (χ2v) is 7.37. The van der Waals surface area contributed by atoms with E-state index in [4.69, 9.17) is 4.74 Å². The monoisotopic (exact) mass is 298 g/mol. The number of hydrogen-bond acceptors (Lipinski definition) is 4. The van der Waals surface area contributed by atoms with Crippen LogP contribution in [-0.4, -0.2) is 35.1 Å². The van der Waals surface area contributed by atoms with Crippen molar-refractivity contribution >= 4 is 11.3 Å². The number of thiophene rings is 1. The molecule has 0 amide bonds. The van der Waals surface area contributed by atoms with Gasteiger partial charge >= 0.3 is 0 Å². The average Bonchev–Trinajstić information content (AvgIpc) is 3.14. The second-order valence-electron chi connectivity index (χ2n) is 6.59. The number of ether oxygens (including phenoxy) is 1. The third-order valence-electron chi connectivity index (χ3n) is 5.39. The topological polar surface area (TPSA) is 25.4 Å². The molecule has 4 aliphatic heterocycles. The average molecular weight is 298 g/mol. The quantitative estimate of drug-likeness (QED) is 0.808. The Balaban J connectivity index is 1.51. The van der Waals surface area contributed by atoms with E-state index in [1.807, 2.05) is 6.20 Å². The lowest BCUT2D eigenvalue weighted by Crippen LogP contribution is -2.61. The van der Waals surface area contributed by atoms with Gasteiger partial charge in [-0.1, -0.05) is 0 Å². The molecule has 108 valence electrons. The molecule has 4 aliphatic rings. The first-order valence-corrected chi connectivity index (χ1v) is 8.70. The van der Waals surface area contributed by atoms with E-state index in [0.717, 1.165) is 18.8 Å². The van der Waals surface area contributed by atoms with E-state index in [2.05, 4.69) is 32.8 Å². The summed E-state index contributed by atoms with van der Waals surface area (Å²) in [4.78, 5) is 7.17. The van der Waals surface area contributed by atoms with Gasteiger partial charge in [-0.15, -0.1) is 0 Å². The molecule has 3 saturated heterocycles. The molecule has 2 aromatic rings. The summed E-state index contributed by atoms with van der Waals surface area (Å²) in [6.07, 6.45) is 5.56. The number of rotatable bonds is 1. The molecule has 0 N–H and O–H groups in total. The van der Waals surface area contributed by atoms with Gasteiger partial charge in [0.25, 0.3) is 0 Å². The summed E-state index contributed by atoms with van der Waals surface area (Å²) >= 11 is 1.73. The Labute approximate surface area is 128 Å². The summed E-state index contributed by atoms with van der Waals surface area (Å²) in [5.41, 5.74) is 3.80. The number of pyridine rings is 1. The van der Waals surface area contributed by atoms with E-state index in [-0.39, 0.29) is 5.60 Å². The zero-order valence-corrected chi connectivity index (χ0v) is 12.7. The summed E-state index contributed by atoms with van der Waals surface area (Å²) in [5, 5.41) is 4.30. The Morgan fingerprint density at radius 1 is 1.29 bits per heavy atom. The van der Waals surface area contributed by atoms with Gasteiger partial charge < -0.3 is 4.74 Å². The fourth-order valence-corrected chi connectivity index (χ4v) is 4.96. The van der Waals surface area contributed by atoms with Gasteiger partial charge in [0.05, 0.1) is 0 Å². The first-order chi connectivity index (χ1) is 10.3. The van der Waals surface area contributed by atoms with E-state index in [0.29, 0.717) is 5.92 Å². The Morgan fingerprint density at radius 2 is 2.19 bits per heavy atom. The third-order valence-corrected chi connectivity index (χ3v) is 6.08. The molecule has 1 spiro atoms. The number of nitrogens with zero attached hydrogens (tertiary/aromatic N) is 2. The van der Waals surface area contributed by atoms with Crippen molar-refractivity contribution in [3.63, 3.8) is 0 Å². The predicted octanol–water partition coefficient (Wildman–Crippen LogP) is 3.21. The second kappa shape index (κ2) is 4.31. The summed E-state index contributed by atoms with van der Waals surface area (Å²) in [6.45, 7) is 3.58. The molecule has 2 bridgehead atoms. The molecule has 6 rings (SSSR count). The van der Waals surface area contributed by atoms with Crippen LogP contribution in [0, 0.1) is 5.92 Å². The van der Waals surface area contributed by atoms with Crippen LogP contribution in [-0.2, 0) is 6.42 Å². The molecule has 0 radical (unpaired) electrons.